The number of ketones is 1. The maximum atomic E-state index is 12.4. The van der Waals surface area contributed by atoms with E-state index in [4.69, 9.17) is 4.74 Å². The van der Waals surface area contributed by atoms with Crippen LogP contribution in [0.15, 0.2) is 42.5 Å². The number of fused-ring (bicyclic) bond motifs is 3. The molecule has 2 aromatic rings. The molecular weight excluding hydrogens is 326 g/mol. The number of carbonyl (C=O) groups is 2. The van der Waals surface area contributed by atoms with Crippen molar-refractivity contribution in [2.75, 3.05) is 13.2 Å². The standard InChI is InChI=1S/C22H25NO3/c24-21-17-6-3-7-18(21)13-19(12-17)22(25)23-10-11-26-20-9-8-15-4-1-2-5-16(15)14-20/h1-2,4-5,8-9,14,17-19H,3,6-7,10-13H2,(H,23,25)/t17-,18+,19?. The van der Waals surface area contributed by atoms with Gasteiger partial charge in [-0.3, -0.25) is 9.59 Å². The maximum Gasteiger partial charge on any atom is 0.223 e. The number of rotatable bonds is 5. The molecule has 26 heavy (non-hydrogen) atoms. The molecule has 2 aliphatic rings. The van der Waals surface area contributed by atoms with Crippen LogP contribution in [0.2, 0.25) is 0 Å². The molecule has 2 fully saturated rings. The number of ether oxygens (including phenoxy) is 1. The highest BCUT2D eigenvalue weighted by molar-refractivity contribution is 5.88. The smallest absolute Gasteiger partial charge is 0.223 e. The Bertz CT molecular complexity index is 800. The molecule has 2 aromatic carbocycles. The zero-order chi connectivity index (χ0) is 17.9. The lowest BCUT2D eigenvalue weighted by Gasteiger charge is -2.36. The maximum absolute atomic E-state index is 12.4. The van der Waals surface area contributed by atoms with Crippen LogP contribution in [0.4, 0.5) is 0 Å². The fraction of sp³-hybridized carbons (Fsp3) is 0.455. The summed E-state index contributed by atoms with van der Waals surface area (Å²) in [5.74, 6) is 1.52. The van der Waals surface area contributed by atoms with Gasteiger partial charge in [-0.15, -0.1) is 0 Å². The minimum absolute atomic E-state index is 0.0105. The van der Waals surface area contributed by atoms with Crippen LogP contribution in [0, 0.1) is 17.8 Å². The van der Waals surface area contributed by atoms with Gasteiger partial charge in [0.05, 0.1) is 6.54 Å². The van der Waals surface area contributed by atoms with Crippen molar-refractivity contribution in [3.05, 3.63) is 42.5 Å². The Balaban J connectivity index is 1.25. The molecule has 4 heteroatoms. The molecule has 0 aromatic heterocycles. The highest BCUT2D eigenvalue weighted by Crippen LogP contribution is 2.40. The number of hydrogen-bond acceptors (Lipinski definition) is 3. The Morgan fingerprint density at radius 3 is 2.54 bits per heavy atom. The molecule has 136 valence electrons. The Morgan fingerprint density at radius 2 is 1.77 bits per heavy atom. The number of Topliss-reactive ketones (excluding diaryl/α,β-unsaturated/α-hetero) is 1. The van der Waals surface area contributed by atoms with Gasteiger partial charge in [0.25, 0.3) is 0 Å². The predicted octanol–water partition coefficient (Wildman–Crippen LogP) is 3.73. The van der Waals surface area contributed by atoms with Crippen molar-refractivity contribution in [2.24, 2.45) is 17.8 Å². The molecule has 0 saturated heterocycles. The van der Waals surface area contributed by atoms with Crippen molar-refractivity contribution in [2.45, 2.75) is 32.1 Å². The van der Waals surface area contributed by atoms with Crippen LogP contribution in [-0.4, -0.2) is 24.8 Å². The third-order valence-electron chi connectivity index (χ3n) is 5.81. The van der Waals surface area contributed by atoms with Crippen molar-refractivity contribution in [1.82, 2.24) is 5.32 Å². The number of amides is 1. The highest BCUT2D eigenvalue weighted by atomic mass is 16.5. The monoisotopic (exact) mass is 351 g/mol. The lowest BCUT2D eigenvalue weighted by atomic mass is 9.67. The molecule has 2 aliphatic carbocycles. The summed E-state index contributed by atoms with van der Waals surface area (Å²) in [4.78, 5) is 24.6. The van der Waals surface area contributed by atoms with Crippen molar-refractivity contribution < 1.29 is 14.3 Å². The second kappa shape index (κ2) is 7.48. The van der Waals surface area contributed by atoms with Gasteiger partial charge in [-0.05, 0) is 48.6 Å². The van der Waals surface area contributed by atoms with Gasteiger partial charge in [-0.25, -0.2) is 0 Å². The molecule has 1 N–H and O–H groups in total. The first-order chi connectivity index (χ1) is 12.7. The summed E-state index contributed by atoms with van der Waals surface area (Å²) >= 11 is 0. The molecule has 2 bridgehead atoms. The van der Waals surface area contributed by atoms with Gasteiger partial charge in [-0.2, -0.15) is 0 Å². The predicted molar refractivity (Wildman–Crippen MR) is 101 cm³/mol. The number of carbonyl (C=O) groups excluding carboxylic acids is 2. The normalized spacial score (nSPS) is 25.1. The fourth-order valence-corrected chi connectivity index (χ4v) is 4.44. The highest BCUT2D eigenvalue weighted by Gasteiger charge is 2.41. The minimum Gasteiger partial charge on any atom is -0.492 e. The second-order valence-electron chi connectivity index (χ2n) is 7.54. The van der Waals surface area contributed by atoms with E-state index >= 15 is 0 Å². The molecule has 0 spiro atoms. The van der Waals surface area contributed by atoms with Crippen molar-refractivity contribution >= 4 is 22.5 Å². The van der Waals surface area contributed by atoms with E-state index in [9.17, 15) is 9.59 Å². The van der Waals surface area contributed by atoms with Gasteiger partial charge in [0.1, 0.15) is 18.1 Å². The molecule has 2 saturated carbocycles. The molecule has 1 amide bonds. The zero-order valence-corrected chi connectivity index (χ0v) is 14.9. The third-order valence-corrected chi connectivity index (χ3v) is 5.81. The van der Waals surface area contributed by atoms with Gasteiger partial charge in [-0.1, -0.05) is 36.8 Å². The Hall–Kier alpha value is -2.36. The van der Waals surface area contributed by atoms with Crippen molar-refractivity contribution in [3.8, 4) is 5.75 Å². The van der Waals surface area contributed by atoms with E-state index in [1.54, 1.807) is 0 Å². The number of benzene rings is 2. The summed E-state index contributed by atoms with van der Waals surface area (Å²) in [6.07, 6.45) is 4.52. The average Bonchev–Trinajstić information content (AvgIpc) is 2.64. The fourth-order valence-electron chi connectivity index (χ4n) is 4.44. The first-order valence-corrected chi connectivity index (χ1v) is 9.64. The van der Waals surface area contributed by atoms with Crippen LogP contribution >= 0.6 is 0 Å². The Labute approximate surface area is 153 Å². The van der Waals surface area contributed by atoms with E-state index in [0.29, 0.717) is 18.9 Å². The Morgan fingerprint density at radius 1 is 1.04 bits per heavy atom. The van der Waals surface area contributed by atoms with E-state index in [1.807, 2.05) is 30.3 Å². The van der Waals surface area contributed by atoms with Gasteiger partial charge in [0, 0.05) is 17.8 Å². The average molecular weight is 351 g/mol. The lowest BCUT2D eigenvalue weighted by Crippen LogP contribution is -2.43. The first-order valence-electron chi connectivity index (χ1n) is 9.64. The largest absolute Gasteiger partial charge is 0.492 e. The molecule has 1 unspecified atom stereocenters. The van der Waals surface area contributed by atoms with Gasteiger partial charge in [0.2, 0.25) is 5.91 Å². The second-order valence-corrected chi connectivity index (χ2v) is 7.54. The number of nitrogens with one attached hydrogen (secondary N) is 1. The summed E-state index contributed by atoms with van der Waals surface area (Å²) in [7, 11) is 0. The molecule has 3 atom stereocenters. The van der Waals surface area contributed by atoms with E-state index in [-0.39, 0.29) is 23.7 Å². The van der Waals surface area contributed by atoms with Gasteiger partial charge in [0.15, 0.2) is 0 Å². The van der Waals surface area contributed by atoms with Crippen LogP contribution in [0.25, 0.3) is 10.8 Å². The molecule has 0 heterocycles. The van der Waals surface area contributed by atoms with Gasteiger partial charge < -0.3 is 10.1 Å². The van der Waals surface area contributed by atoms with E-state index < -0.39 is 0 Å². The molecular formula is C22H25NO3. The van der Waals surface area contributed by atoms with E-state index in [1.165, 1.54) is 5.39 Å². The summed E-state index contributed by atoms with van der Waals surface area (Å²) in [6, 6.07) is 14.2. The van der Waals surface area contributed by atoms with Crippen molar-refractivity contribution in [1.29, 1.82) is 0 Å². The van der Waals surface area contributed by atoms with E-state index in [0.717, 1.165) is 43.2 Å². The number of hydrogen-bond donors (Lipinski definition) is 1. The third kappa shape index (κ3) is 3.59. The van der Waals surface area contributed by atoms with Gasteiger partial charge >= 0.3 is 0 Å². The molecule has 0 radical (unpaired) electrons. The first kappa shape index (κ1) is 17.1. The van der Waals surface area contributed by atoms with Crippen LogP contribution in [-0.2, 0) is 9.59 Å². The molecule has 0 aliphatic heterocycles. The van der Waals surface area contributed by atoms with Crippen LogP contribution in [0.3, 0.4) is 0 Å². The molecule has 4 rings (SSSR count). The summed E-state index contributed by atoms with van der Waals surface area (Å²) in [5, 5.41) is 5.32. The topological polar surface area (TPSA) is 55.4 Å². The summed E-state index contributed by atoms with van der Waals surface area (Å²) < 4.78 is 5.77. The van der Waals surface area contributed by atoms with Crippen LogP contribution in [0.1, 0.15) is 32.1 Å². The lowest BCUT2D eigenvalue weighted by molar-refractivity contribution is -0.137. The van der Waals surface area contributed by atoms with Crippen LogP contribution < -0.4 is 10.1 Å². The SMILES string of the molecule is O=C(NCCOc1ccc2ccccc2c1)C1C[C@H]2CCC[C@@H](C1)C2=O. The molecule has 4 nitrogen and oxygen atoms in total. The van der Waals surface area contributed by atoms with E-state index in [2.05, 4.69) is 17.4 Å². The summed E-state index contributed by atoms with van der Waals surface area (Å²) in [5.41, 5.74) is 0. The minimum atomic E-state index is -0.0105. The zero-order valence-electron chi connectivity index (χ0n) is 14.9. The Kier molecular flexibility index (Phi) is 4.91. The summed E-state index contributed by atoms with van der Waals surface area (Å²) in [6.45, 7) is 0.939. The quantitative estimate of drug-likeness (QED) is 0.835. The van der Waals surface area contributed by atoms with Crippen molar-refractivity contribution in [3.63, 3.8) is 0 Å². The van der Waals surface area contributed by atoms with Crippen LogP contribution in [0.5, 0.6) is 5.75 Å².